The Balaban J connectivity index is 1.19. The Bertz CT molecular complexity index is 1800. The average molecular weight is 584 g/mol. The summed E-state index contributed by atoms with van der Waals surface area (Å²) in [5, 5.41) is 10.0. The van der Waals surface area contributed by atoms with Gasteiger partial charge in [0.15, 0.2) is 0 Å². The van der Waals surface area contributed by atoms with Crippen molar-refractivity contribution in [3.63, 3.8) is 0 Å². The van der Waals surface area contributed by atoms with E-state index in [0.29, 0.717) is 19.6 Å². The Morgan fingerprint density at radius 1 is 1.19 bits per heavy atom. The molecule has 0 saturated carbocycles. The van der Waals surface area contributed by atoms with Gasteiger partial charge in [-0.05, 0) is 75.7 Å². The van der Waals surface area contributed by atoms with Crippen LogP contribution in [0.2, 0.25) is 0 Å². The first-order valence-electron chi connectivity index (χ1n) is 14.0. The first kappa shape index (κ1) is 28.0. The lowest BCUT2D eigenvalue weighted by atomic mass is 10.0. The Morgan fingerprint density at radius 2 is 2.05 bits per heavy atom. The topological polar surface area (TPSA) is 79.2 Å². The van der Waals surface area contributed by atoms with Crippen LogP contribution in [0.5, 0.6) is 0 Å². The van der Waals surface area contributed by atoms with Gasteiger partial charge in [-0.15, -0.1) is 11.3 Å². The van der Waals surface area contributed by atoms with Crippen LogP contribution in [0, 0.1) is 5.82 Å². The lowest BCUT2D eigenvalue weighted by Crippen LogP contribution is -2.38. The number of carbonyl (C=O) groups excluding carboxylic acids is 1. The third-order valence-corrected chi connectivity index (χ3v) is 8.98. The van der Waals surface area contributed by atoms with Gasteiger partial charge in [-0.1, -0.05) is 18.2 Å². The van der Waals surface area contributed by atoms with E-state index in [9.17, 15) is 9.18 Å². The Hall–Kier alpha value is -4.15. The number of benzene rings is 2. The molecule has 8 nitrogen and oxygen atoms in total. The van der Waals surface area contributed by atoms with E-state index in [1.165, 1.54) is 17.7 Å². The van der Waals surface area contributed by atoms with Crippen molar-refractivity contribution in [2.75, 3.05) is 25.5 Å². The van der Waals surface area contributed by atoms with Gasteiger partial charge in [0.1, 0.15) is 22.8 Å². The van der Waals surface area contributed by atoms with Gasteiger partial charge in [-0.25, -0.2) is 14.4 Å². The molecule has 2 aromatic carbocycles. The normalized spacial score (nSPS) is 13.9. The lowest BCUT2D eigenvalue weighted by Gasteiger charge is -2.31. The molecule has 0 unspecified atom stereocenters. The highest BCUT2D eigenvalue weighted by atomic mass is 32.1. The van der Waals surface area contributed by atoms with Crippen LogP contribution < -0.4 is 5.32 Å². The lowest BCUT2D eigenvalue weighted by molar-refractivity contribution is -0.126. The summed E-state index contributed by atoms with van der Waals surface area (Å²) in [7, 11) is 2.06. The van der Waals surface area contributed by atoms with Gasteiger partial charge in [0.05, 0.1) is 30.2 Å². The van der Waals surface area contributed by atoms with Gasteiger partial charge >= 0.3 is 0 Å². The highest BCUT2D eigenvalue weighted by Crippen LogP contribution is 2.38. The summed E-state index contributed by atoms with van der Waals surface area (Å²) in [6, 6.07) is 12.6. The van der Waals surface area contributed by atoms with E-state index < -0.39 is 0 Å². The number of nitrogens with one attached hydrogen (secondary N) is 1. The number of hydrogen-bond donors (Lipinski definition) is 1. The zero-order valence-corrected chi connectivity index (χ0v) is 25.1. The fraction of sp³-hybridized carbons (Fsp3) is 0.312. The second kappa shape index (κ2) is 11.3. The predicted octanol–water partition coefficient (Wildman–Crippen LogP) is 6.14. The van der Waals surface area contributed by atoms with E-state index in [-0.39, 0.29) is 17.3 Å². The summed E-state index contributed by atoms with van der Waals surface area (Å²) in [5.74, 6) is 0.544. The molecule has 216 valence electrons. The number of carbonyl (C=O) groups is 1. The smallest absolute Gasteiger partial charge is 0.246 e. The number of amides is 1. The average Bonchev–Trinajstić information content (AvgIpc) is 3.53. The van der Waals surface area contributed by atoms with E-state index in [1.54, 1.807) is 29.8 Å². The van der Waals surface area contributed by atoms with Crippen molar-refractivity contribution in [3.8, 4) is 0 Å². The fourth-order valence-electron chi connectivity index (χ4n) is 5.14. The molecular formula is C32H34FN7OS. The largest absolute Gasteiger partial charge is 0.340 e. The van der Waals surface area contributed by atoms with E-state index in [4.69, 9.17) is 0 Å². The van der Waals surface area contributed by atoms with E-state index in [0.717, 1.165) is 56.0 Å². The van der Waals surface area contributed by atoms with Crippen LogP contribution in [-0.2, 0) is 24.3 Å². The standard InChI is InChI=1S/C32H34FN7OS/c1-32(2,3)38(4)13-6-9-28(41)39-14-12-25-27(19-39)42-31-29(25)30(34-20-35-31)37-24-10-11-26-22(16-24)17-36-40(26)18-21-7-5-8-23(33)15-21/h5-11,15-17,20H,12-14,18-19H2,1-4H3,(H,34,35,37). The highest BCUT2D eigenvalue weighted by Gasteiger charge is 2.26. The van der Waals surface area contributed by atoms with Crippen LogP contribution in [0.25, 0.3) is 21.1 Å². The summed E-state index contributed by atoms with van der Waals surface area (Å²) >= 11 is 1.63. The number of fused-ring (bicyclic) bond motifs is 4. The monoisotopic (exact) mass is 583 g/mol. The number of thiophene rings is 1. The van der Waals surface area contributed by atoms with Crippen LogP contribution in [0.3, 0.4) is 0 Å². The van der Waals surface area contributed by atoms with Gasteiger partial charge < -0.3 is 10.2 Å². The first-order chi connectivity index (χ1) is 20.2. The first-order valence-corrected chi connectivity index (χ1v) is 14.9. The van der Waals surface area contributed by atoms with Crippen molar-refractivity contribution in [2.45, 2.75) is 45.8 Å². The minimum Gasteiger partial charge on any atom is -0.340 e. The van der Waals surface area contributed by atoms with Crippen LogP contribution in [0.15, 0.2) is 67.1 Å². The molecule has 1 aliphatic rings. The van der Waals surface area contributed by atoms with Gasteiger partial charge in [0, 0.05) is 40.7 Å². The van der Waals surface area contributed by atoms with Crippen molar-refractivity contribution < 1.29 is 9.18 Å². The molecule has 6 rings (SSSR count). The molecule has 0 bridgehead atoms. The van der Waals surface area contributed by atoms with Crippen LogP contribution in [-0.4, -0.2) is 61.1 Å². The summed E-state index contributed by atoms with van der Waals surface area (Å²) in [6.45, 7) is 8.92. The fourth-order valence-corrected chi connectivity index (χ4v) is 6.34. The second-order valence-electron chi connectivity index (χ2n) is 11.7. The van der Waals surface area contributed by atoms with E-state index in [1.807, 2.05) is 46.1 Å². The molecule has 10 heteroatoms. The zero-order chi connectivity index (χ0) is 29.4. The maximum absolute atomic E-state index is 13.6. The molecule has 1 amide bonds. The SMILES string of the molecule is CN(CC=CC(=O)N1CCc2c(sc3ncnc(Nc4ccc5c(cnn5Cc5cccc(F)c5)c4)c23)C1)C(C)(C)C. The van der Waals surface area contributed by atoms with Gasteiger partial charge in [0.2, 0.25) is 5.91 Å². The molecule has 0 spiro atoms. The number of hydrogen-bond acceptors (Lipinski definition) is 7. The Morgan fingerprint density at radius 3 is 2.86 bits per heavy atom. The summed E-state index contributed by atoms with van der Waals surface area (Å²) in [5.41, 5.74) is 3.98. The van der Waals surface area contributed by atoms with Crippen molar-refractivity contribution in [2.24, 2.45) is 0 Å². The number of aromatic nitrogens is 4. The Kier molecular flexibility index (Phi) is 7.51. The molecule has 42 heavy (non-hydrogen) atoms. The predicted molar refractivity (Wildman–Crippen MR) is 167 cm³/mol. The van der Waals surface area contributed by atoms with Crippen molar-refractivity contribution in [1.82, 2.24) is 29.5 Å². The third kappa shape index (κ3) is 5.77. The zero-order valence-electron chi connectivity index (χ0n) is 24.3. The molecular weight excluding hydrogens is 549 g/mol. The van der Waals surface area contributed by atoms with Gasteiger partial charge in [-0.3, -0.25) is 14.4 Å². The molecule has 0 aliphatic carbocycles. The molecule has 1 N–H and O–H groups in total. The van der Waals surface area contributed by atoms with Crippen molar-refractivity contribution in [1.29, 1.82) is 0 Å². The van der Waals surface area contributed by atoms with E-state index >= 15 is 0 Å². The number of anilines is 2. The maximum Gasteiger partial charge on any atom is 0.246 e. The summed E-state index contributed by atoms with van der Waals surface area (Å²) < 4.78 is 15.5. The summed E-state index contributed by atoms with van der Waals surface area (Å²) in [4.78, 5) is 28.3. The number of nitrogens with zero attached hydrogens (tertiary/aromatic N) is 6. The van der Waals surface area contributed by atoms with E-state index in [2.05, 4.69) is 53.1 Å². The quantitative estimate of drug-likeness (QED) is 0.232. The highest BCUT2D eigenvalue weighted by molar-refractivity contribution is 7.19. The molecule has 0 fully saturated rings. The molecule has 1 aliphatic heterocycles. The van der Waals surface area contributed by atoms with Crippen molar-refractivity contribution >= 4 is 49.9 Å². The molecule has 4 heterocycles. The molecule has 0 radical (unpaired) electrons. The molecule has 5 aromatic rings. The van der Waals surface area contributed by atoms with Crippen LogP contribution >= 0.6 is 11.3 Å². The number of halogens is 1. The van der Waals surface area contributed by atoms with Crippen LogP contribution in [0.1, 0.15) is 36.8 Å². The summed E-state index contributed by atoms with van der Waals surface area (Å²) in [6.07, 6.45) is 7.81. The van der Waals surface area contributed by atoms with Crippen molar-refractivity contribution in [3.05, 3.63) is 89.0 Å². The molecule has 0 atom stereocenters. The molecule has 3 aromatic heterocycles. The molecule has 0 saturated heterocycles. The van der Waals surface area contributed by atoms with Crippen LogP contribution in [0.4, 0.5) is 15.9 Å². The second-order valence-corrected chi connectivity index (χ2v) is 12.8. The third-order valence-electron chi connectivity index (χ3n) is 7.86. The minimum atomic E-state index is -0.252. The Labute approximate surface area is 248 Å². The number of likely N-dealkylation sites (N-methyl/N-ethyl adjacent to an activating group) is 1. The number of rotatable bonds is 7. The minimum absolute atomic E-state index is 0.0381. The maximum atomic E-state index is 13.6. The van der Waals surface area contributed by atoms with Gasteiger partial charge in [-0.2, -0.15) is 5.10 Å². The van der Waals surface area contributed by atoms with Gasteiger partial charge in [0.25, 0.3) is 0 Å².